The van der Waals surface area contributed by atoms with E-state index in [0.717, 1.165) is 38.5 Å². The molecule has 0 saturated carbocycles. The molecule has 1 atom stereocenters. The third-order valence-electron chi connectivity index (χ3n) is 6.56. The van der Waals surface area contributed by atoms with Gasteiger partial charge in [0, 0.05) is 6.42 Å². The van der Waals surface area contributed by atoms with Gasteiger partial charge in [0.1, 0.15) is 6.10 Å². The number of carboxylic acid groups (broad SMARTS) is 1. The van der Waals surface area contributed by atoms with Crippen LogP contribution in [0.25, 0.3) is 0 Å². The van der Waals surface area contributed by atoms with E-state index >= 15 is 0 Å². The van der Waals surface area contributed by atoms with Crippen LogP contribution in [-0.2, 0) is 14.3 Å². The normalized spacial score (nSPS) is 12.1. The summed E-state index contributed by atoms with van der Waals surface area (Å²) < 4.78 is 5.45. The van der Waals surface area contributed by atoms with Crippen molar-refractivity contribution in [1.82, 2.24) is 0 Å². The van der Waals surface area contributed by atoms with Crippen molar-refractivity contribution in [3.05, 3.63) is 0 Å². The number of aliphatic carboxylic acids is 1. The van der Waals surface area contributed by atoms with Crippen LogP contribution in [-0.4, -0.2) is 23.1 Å². The van der Waals surface area contributed by atoms with Gasteiger partial charge in [0.05, 0.1) is 6.42 Å². The van der Waals surface area contributed by atoms with Crippen LogP contribution >= 0.6 is 0 Å². The SMILES string of the molecule is CCCCCCCCCCCCCCCCCCCC(=O)OC(CCCCCC)CC(=O)O. The van der Waals surface area contributed by atoms with Gasteiger partial charge in [-0.3, -0.25) is 9.59 Å². The summed E-state index contributed by atoms with van der Waals surface area (Å²) in [6.45, 7) is 4.42. The molecule has 4 nitrogen and oxygen atoms in total. The lowest BCUT2D eigenvalue weighted by Crippen LogP contribution is -2.21. The minimum Gasteiger partial charge on any atom is -0.481 e. The summed E-state index contributed by atoms with van der Waals surface area (Å²) in [5, 5.41) is 9.04. The molecule has 1 unspecified atom stereocenters. The topological polar surface area (TPSA) is 63.6 Å². The zero-order chi connectivity index (χ0) is 24.4. The van der Waals surface area contributed by atoms with E-state index in [4.69, 9.17) is 9.84 Å². The highest BCUT2D eigenvalue weighted by Gasteiger charge is 2.17. The van der Waals surface area contributed by atoms with Gasteiger partial charge in [-0.2, -0.15) is 0 Å². The van der Waals surface area contributed by atoms with Crippen molar-refractivity contribution in [2.45, 2.75) is 174 Å². The lowest BCUT2D eigenvalue weighted by Gasteiger charge is -2.16. The van der Waals surface area contributed by atoms with Crippen LogP contribution in [0, 0.1) is 0 Å². The molecule has 0 aliphatic heterocycles. The monoisotopic (exact) mass is 468 g/mol. The van der Waals surface area contributed by atoms with E-state index in [-0.39, 0.29) is 12.4 Å². The molecule has 0 aromatic carbocycles. The molecule has 0 aliphatic carbocycles. The van der Waals surface area contributed by atoms with Crippen LogP contribution < -0.4 is 0 Å². The summed E-state index contributed by atoms with van der Waals surface area (Å²) in [6, 6.07) is 0. The molecule has 0 heterocycles. The van der Waals surface area contributed by atoms with E-state index < -0.39 is 12.1 Å². The Morgan fingerprint density at radius 3 is 1.33 bits per heavy atom. The highest BCUT2D eigenvalue weighted by atomic mass is 16.5. The number of carbonyl (C=O) groups excluding carboxylic acids is 1. The van der Waals surface area contributed by atoms with Crippen LogP contribution in [0.1, 0.15) is 168 Å². The second kappa shape index (κ2) is 25.6. The predicted octanol–water partition coefficient (Wildman–Crippen LogP) is 9.39. The lowest BCUT2D eigenvalue weighted by molar-refractivity contribution is -0.153. The Morgan fingerprint density at radius 1 is 0.576 bits per heavy atom. The first-order valence-electron chi connectivity index (χ1n) is 14.5. The van der Waals surface area contributed by atoms with Gasteiger partial charge in [-0.15, -0.1) is 0 Å². The van der Waals surface area contributed by atoms with E-state index in [9.17, 15) is 9.59 Å². The number of hydrogen-bond acceptors (Lipinski definition) is 3. The van der Waals surface area contributed by atoms with Crippen molar-refractivity contribution in [2.75, 3.05) is 0 Å². The average molecular weight is 469 g/mol. The molecule has 0 rings (SSSR count). The van der Waals surface area contributed by atoms with Crippen molar-refractivity contribution in [2.24, 2.45) is 0 Å². The van der Waals surface area contributed by atoms with Gasteiger partial charge >= 0.3 is 11.9 Å². The average Bonchev–Trinajstić information content (AvgIpc) is 2.78. The third kappa shape index (κ3) is 25.4. The number of carbonyl (C=O) groups is 2. The molecule has 0 amide bonds. The first-order chi connectivity index (χ1) is 16.1. The fraction of sp³-hybridized carbons (Fsp3) is 0.931. The van der Waals surface area contributed by atoms with E-state index in [1.807, 2.05) is 0 Å². The fourth-order valence-electron chi connectivity index (χ4n) is 4.44. The predicted molar refractivity (Wildman–Crippen MR) is 140 cm³/mol. The van der Waals surface area contributed by atoms with Crippen molar-refractivity contribution >= 4 is 11.9 Å². The zero-order valence-electron chi connectivity index (χ0n) is 22.2. The molecule has 0 fully saturated rings. The Kier molecular flexibility index (Phi) is 24.7. The van der Waals surface area contributed by atoms with Crippen LogP contribution in [0.3, 0.4) is 0 Å². The number of esters is 1. The van der Waals surface area contributed by atoms with Crippen molar-refractivity contribution in [3.8, 4) is 0 Å². The molecule has 0 bridgehead atoms. The van der Waals surface area contributed by atoms with Crippen molar-refractivity contribution in [1.29, 1.82) is 0 Å². The fourth-order valence-corrected chi connectivity index (χ4v) is 4.44. The van der Waals surface area contributed by atoms with Gasteiger partial charge in [0.25, 0.3) is 0 Å². The second-order valence-electron chi connectivity index (χ2n) is 9.97. The molecule has 0 spiro atoms. The maximum Gasteiger partial charge on any atom is 0.307 e. The van der Waals surface area contributed by atoms with E-state index in [1.165, 1.54) is 96.3 Å². The maximum absolute atomic E-state index is 12.1. The molecule has 0 aromatic rings. The molecule has 1 N–H and O–H groups in total. The van der Waals surface area contributed by atoms with Crippen molar-refractivity contribution in [3.63, 3.8) is 0 Å². The minimum atomic E-state index is -0.888. The number of carboxylic acids is 1. The smallest absolute Gasteiger partial charge is 0.307 e. The summed E-state index contributed by atoms with van der Waals surface area (Å²) in [6.07, 6.45) is 27.3. The minimum absolute atomic E-state index is 0.0725. The Balaban J connectivity index is 3.48. The molecule has 0 aromatic heterocycles. The first-order valence-corrected chi connectivity index (χ1v) is 14.5. The maximum atomic E-state index is 12.1. The summed E-state index contributed by atoms with van der Waals surface area (Å²) in [5.41, 5.74) is 0. The zero-order valence-corrected chi connectivity index (χ0v) is 22.2. The van der Waals surface area contributed by atoms with Crippen LogP contribution in [0.2, 0.25) is 0 Å². The van der Waals surface area contributed by atoms with E-state index in [2.05, 4.69) is 13.8 Å². The van der Waals surface area contributed by atoms with Crippen LogP contribution in [0.5, 0.6) is 0 Å². The lowest BCUT2D eigenvalue weighted by atomic mass is 10.0. The Bertz CT molecular complexity index is 435. The largest absolute Gasteiger partial charge is 0.481 e. The molecular formula is C29H56O4. The Morgan fingerprint density at radius 2 is 0.939 bits per heavy atom. The van der Waals surface area contributed by atoms with Gasteiger partial charge in [-0.25, -0.2) is 0 Å². The van der Waals surface area contributed by atoms with Gasteiger partial charge < -0.3 is 9.84 Å². The highest BCUT2D eigenvalue weighted by molar-refractivity contribution is 5.71. The van der Waals surface area contributed by atoms with Crippen LogP contribution in [0.15, 0.2) is 0 Å². The number of ether oxygens (including phenoxy) is 1. The number of unbranched alkanes of at least 4 members (excludes halogenated alkanes) is 19. The summed E-state index contributed by atoms with van der Waals surface area (Å²) in [5.74, 6) is -1.11. The molecule has 196 valence electrons. The van der Waals surface area contributed by atoms with Gasteiger partial charge in [-0.1, -0.05) is 136 Å². The highest BCUT2D eigenvalue weighted by Crippen LogP contribution is 2.16. The van der Waals surface area contributed by atoms with Crippen LogP contribution in [0.4, 0.5) is 0 Å². The molecule has 0 aliphatic rings. The van der Waals surface area contributed by atoms with Gasteiger partial charge in [0.2, 0.25) is 0 Å². The summed E-state index contributed by atoms with van der Waals surface area (Å²) >= 11 is 0. The number of hydrogen-bond donors (Lipinski definition) is 1. The second-order valence-corrected chi connectivity index (χ2v) is 9.97. The van der Waals surface area contributed by atoms with Gasteiger partial charge in [0.15, 0.2) is 0 Å². The van der Waals surface area contributed by atoms with E-state index in [0.29, 0.717) is 12.8 Å². The van der Waals surface area contributed by atoms with Gasteiger partial charge in [-0.05, 0) is 19.3 Å². The third-order valence-corrected chi connectivity index (χ3v) is 6.56. The molecule has 0 saturated heterocycles. The Labute approximate surface area is 205 Å². The Hall–Kier alpha value is -1.06. The quantitative estimate of drug-likeness (QED) is 0.101. The summed E-state index contributed by atoms with van der Waals surface area (Å²) in [7, 11) is 0. The standard InChI is InChI=1S/C29H56O4/c1-3-5-7-9-10-11-12-13-14-15-16-17-18-19-20-21-23-25-29(32)33-27(26-28(30)31)24-22-8-6-4-2/h27H,3-26H2,1-2H3,(H,30,31). The molecule has 0 radical (unpaired) electrons. The first kappa shape index (κ1) is 31.9. The van der Waals surface area contributed by atoms with Crippen molar-refractivity contribution < 1.29 is 19.4 Å². The van der Waals surface area contributed by atoms with E-state index in [1.54, 1.807) is 0 Å². The molecule has 33 heavy (non-hydrogen) atoms. The summed E-state index contributed by atoms with van der Waals surface area (Å²) in [4.78, 5) is 23.1. The number of rotatable bonds is 26. The molecule has 4 heteroatoms. The molecular weight excluding hydrogens is 412 g/mol.